The van der Waals surface area contributed by atoms with E-state index in [1.165, 1.54) is 25.7 Å². The number of carbonyl (C=O) groups excluding carboxylic acids is 1. The molecule has 2 rings (SSSR count). The van der Waals surface area contributed by atoms with Gasteiger partial charge in [-0.3, -0.25) is 4.79 Å². The molecule has 3 N–H and O–H groups in total. The topological polar surface area (TPSA) is 78.4 Å². The first-order valence-electron chi connectivity index (χ1n) is 7.44. The van der Waals surface area contributed by atoms with E-state index in [1.54, 1.807) is 0 Å². The number of rotatable bonds is 4. The van der Waals surface area contributed by atoms with Gasteiger partial charge < -0.3 is 15.7 Å². The van der Waals surface area contributed by atoms with Gasteiger partial charge in [-0.1, -0.05) is 25.7 Å². The molecule has 0 radical (unpaired) electrons. The SMILES string of the molecule is O=C(NCC1CCCC1)NC1CCCCC1C(=O)O. The van der Waals surface area contributed by atoms with Crippen LogP contribution in [0.4, 0.5) is 4.79 Å². The molecule has 0 saturated heterocycles. The lowest BCUT2D eigenvalue weighted by atomic mass is 9.84. The van der Waals surface area contributed by atoms with Crippen molar-refractivity contribution in [2.75, 3.05) is 6.54 Å². The van der Waals surface area contributed by atoms with Gasteiger partial charge in [-0.25, -0.2) is 4.79 Å². The van der Waals surface area contributed by atoms with Crippen LogP contribution in [0.15, 0.2) is 0 Å². The summed E-state index contributed by atoms with van der Waals surface area (Å²) in [5.74, 6) is -0.612. The number of carbonyl (C=O) groups is 2. The molecule has 5 nitrogen and oxygen atoms in total. The summed E-state index contributed by atoms with van der Waals surface area (Å²) in [6, 6.07) is -0.417. The standard InChI is InChI=1S/C14H24N2O3/c17-13(18)11-7-3-4-8-12(11)16-14(19)15-9-10-5-1-2-6-10/h10-12H,1-9H2,(H,17,18)(H2,15,16,19). The third-order valence-electron chi connectivity index (χ3n) is 4.43. The molecule has 0 aromatic rings. The van der Waals surface area contributed by atoms with Crippen LogP contribution in [0.25, 0.3) is 0 Å². The van der Waals surface area contributed by atoms with Gasteiger partial charge in [0.05, 0.1) is 5.92 Å². The molecule has 2 fully saturated rings. The van der Waals surface area contributed by atoms with Crippen LogP contribution in [0.5, 0.6) is 0 Å². The summed E-state index contributed by atoms with van der Waals surface area (Å²) in [6.07, 6.45) is 8.30. The van der Waals surface area contributed by atoms with E-state index in [2.05, 4.69) is 10.6 Å². The lowest BCUT2D eigenvalue weighted by Gasteiger charge is -2.29. The number of carboxylic acids is 1. The summed E-state index contributed by atoms with van der Waals surface area (Å²) >= 11 is 0. The number of amides is 2. The van der Waals surface area contributed by atoms with Crippen LogP contribution in [-0.2, 0) is 4.79 Å². The van der Waals surface area contributed by atoms with Gasteiger partial charge in [-0.05, 0) is 31.6 Å². The Kier molecular flexibility index (Phi) is 5.05. The zero-order valence-electron chi connectivity index (χ0n) is 11.4. The fourth-order valence-corrected chi connectivity index (χ4v) is 3.27. The van der Waals surface area contributed by atoms with Crippen molar-refractivity contribution in [1.29, 1.82) is 0 Å². The van der Waals surface area contributed by atoms with Crippen molar-refractivity contribution in [1.82, 2.24) is 10.6 Å². The van der Waals surface area contributed by atoms with E-state index >= 15 is 0 Å². The molecule has 0 spiro atoms. The largest absolute Gasteiger partial charge is 0.481 e. The second kappa shape index (κ2) is 6.78. The molecule has 2 saturated carbocycles. The van der Waals surface area contributed by atoms with Crippen LogP contribution in [0.2, 0.25) is 0 Å². The fourth-order valence-electron chi connectivity index (χ4n) is 3.27. The second-order valence-electron chi connectivity index (χ2n) is 5.84. The average Bonchev–Trinajstić information content (AvgIpc) is 2.90. The van der Waals surface area contributed by atoms with Crippen LogP contribution < -0.4 is 10.6 Å². The number of carboxylic acid groups (broad SMARTS) is 1. The molecule has 5 heteroatoms. The Morgan fingerprint density at radius 3 is 2.32 bits per heavy atom. The number of aliphatic carboxylic acids is 1. The van der Waals surface area contributed by atoms with Crippen LogP contribution in [0, 0.1) is 11.8 Å². The minimum absolute atomic E-state index is 0.204. The Bertz CT molecular complexity index is 327. The van der Waals surface area contributed by atoms with Crippen LogP contribution in [-0.4, -0.2) is 29.7 Å². The van der Waals surface area contributed by atoms with Crippen LogP contribution in [0.3, 0.4) is 0 Å². The first kappa shape index (κ1) is 14.2. The van der Waals surface area contributed by atoms with Crippen molar-refractivity contribution in [3.05, 3.63) is 0 Å². The highest BCUT2D eigenvalue weighted by Gasteiger charge is 2.31. The van der Waals surface area contributed by atoms with E-state index < -0.39 is 11.9 Å². The predicted octanol–water partition coefficient (Wildman–Crippen LogP) is 2.12. The second-order valence-corrected chi connectivity index (χ2v) is 5.84. The number of hydrogen-bond acceptors (Lipinski definition) is 2. The maximum absolute atomic E-state index is 11.8. The van der Waals surface area contributed by atoms with Crippen molar-refractivity contribution >= 4 is 12.0 Å². The zero-order chi connectivity index (χ0) is 13.7. The van der Waals surface area contributed by atoms with E-state index in [4.69, 9.17) is 5.11 Å². The molecular formula is C14H24N2O3. The predicted molar refractivity (Wildman–Crippen MR) is 71.9 cm³/mol. The Hall–Kier alpha value is -1.26. The third-order valence-corrected chi connectivity index (χ3v) is 4.43. The quantitative estimate of drug-likeness (QED) is 0.730. The Morgan fingerprint density at radius 2 is 1.63 bits per heavy atom. The maximum Gasteiger partial charge on any atom is 0.315 e. The summed E-state index contributed by atoms with van der Waals surface area (Å²) in [4.78, 5) is 23.0. The van der Waals surface area contributed by atoms with Crippen molar-refractivity contribution in [3.8, 4) is 0 Å². The average molecular weight is 268 g/mol. The summed E-state index contributed by atoms with van der Waals surface area (Å²) < 4.78 is 0. The molecule has 0 aromatic carbocycles. The molecule has 0 bridgehead atoms. The molecule has 2 aliphatic rings. The molecule has 2 amide bonds. The number of nitrogens with one attached hydrogen (secondary N) is 2. The Balaban J connectivity index is 1.74. The normalized spacial score (nSPS) is 28.0. The minimum Gasteiger partial charge on any atom is -0.481 e. The fraction of sp³-hybridized carbons (Fsp3) is 0.857. The van der Waals surface area contributed by atoms with Gasteiger partial charge in [0.2, 0.25) is 0 Å². The van der Waals surface area contributed by atoms with E-state index in [9.17, 15) is 9.59 Å². The first-order valence-corrected chi connectivity index (χ1v) is 7.44. The van der Waals surface area contributed by atoms with Gasteiger partial charge in [-0.2, -0.15) is 0 Å². The van der Waals surface area contributed by atoms with Gasteiger partial charge in [-0.15, -0.1) is 0 Å². The molecule has 108 valence electrons. The number of hydrogen-bond donors (Lipinski definition) is 3. The minimum atomic E-state index is -0.791. The summed E-state index contributed by atoms with van der Waals surface area (Å²) in [5, 5.41) is 14.9. The highest BCUT2D eigenvalue weighted by molar-refractivity contribution is 5.76. The molecule has 0 aromatic heterocycles. The van der Waals surface area contributed by atoms with Gasteiger partial charge in [0.1, 0.15) is 0 Å². The Morgan fingerprint density at radius 1 is 1.00 bits per heavy atom. The highest BCUT2D eigenvalue weighted by atomic mass is 16.4. The Labute approximate surface area is 114 Å². The number of urea groups is 1. The van der Waals surface area contributed by atoms with E-state index in [-0.39, 0.29) is 12.1 Å². The van der Waals surface area contributed by atoms with E-state index in [0.29, 0.717) is 12.3 Å². The van der Waals surface area contributed by atoms with Crippen molar-refractivity contribution in [2.24, 2.45) is 11.8 Å². The molecule has 0 aliphatic heterocycles. The zero-order valence-corrected chi connectivity index (χ0v) is 11.4. The van der Waals surface area contributed by atoms with Crippen molar-refractivity contribution < 1.29 is 14.7 Å². The maximum atomic E-state index is 11.8. The van der Waals surface area contributed by atoms with Gasteiger partial charge in [0, 0.05) is 12.6 Å². The molecule has 2 atom stereocenters. The third kappa shape index (κ3) is 4.11. The van der Waals surface area contributed by atoms with Gasteiger partial charge in [0.25, 0.3) is 0 Å². The molecule has 2 aliphatic carbocycles. The van der Waals surface area contributed by atoms with E-state index in [0.717, 1.165) is 25.8 Å². The van der Waals surface area contributed by atoms with Crippen molar-refractivity contribution in [3.63, 3.8) is 0 Å². The molecule has 0 heterocycles. The summed E-state index contributed by atoms with van der Waals surface area (Å²) in [5.41, 5.74) is 0. The summed E-state index contributed by atoms with van der Waals surface area (Å²) in [7, 11) is 0. The lowest BCUT2D eigenvalue weighted by Crippen LogP contribution is -2.49. The first-order chi connectivity index (χ1) is 9.16. The molecular weight excluding hydrogens is 244 g/mol. The van der Waals surface area contributed by atoms with Gasteiger partial charge in [0.15, 0.2) is 0 Å². The smallest absolute Gasteiger partial charge is 0.315 e. The van der Waals surface area contributed by atoms with Crippen molar-refractivity contribution in [2.45, 2.75) is 57.4 Å². The van der Waals surface area contributed by atoms with Crippen LogP contribution >= 0.6 is 0 Å². The van der Waals surface area contributed by atoms with Gasteiger partial charge >= 0.3 is 12.0 Å². The molecule has 2 unspecified atom stereocenters. The van der Waals surface area contributed by atoms with Crippen LogP contribution in [0.1, 0.15) is 51.4 Å². The van der Waals surface area contributed by atoms with E-state index in [1.807, 2.05) is 0 Å². The molecule has 19 heavy (non-hydrogen) atoms. The lowest BCUT2D eigenvalue weighted by molar-refractivity contribution is -0.143. The monoisotopic (exact) mass is 268 g/mol. The highest BCUT2D eigenvalue weighted by Crippen LogP contribution is 2.25. The summed E-state index contributed by atoms with van der Waals surface area (Å²) in [6.45, 7) is 0.719.